The number of fused-ring (bicyclic) bond motifs is 1. The lowest BCUT2D eigenvalue weighted by Crippen LogP contribution is -2.30. The second-order valence-electron chi connectivity index (χ2n) is 6.01. The van der Waals surface area contributed by atoms with Gasteiger partial charge in [0.25, 0.3) is 0 Å². The summed E-state index contributed by atoms with van der Waals surface area (Å²) in [5.41, 5.74) is 2.16. The highest BCUT2D eigenvalue weighted by Crippen LogP contribution is 2.21. The number of hydrogen-bond acceptors (Lipinski definition) is 4. The Morgan fingerprint density at radius 2 is 2.07 bits per heavy atom. The van der Waals surface area contributed by atoms with Gasteiger partial charge in [0.15, 0.2) is 5.82 Å². The van der Waals surface area contributed by atoms with Crippen LogP contribution in [0.1, 0.15) is 5.69 Å². The van der Waals surface area contributed by atoms with Gasteiger partial charge in [0, 0.05) is 34.6 Å². The van der Waals surface area contributed by atoms with Crippen LogP contribution in [0.4, 0.5) is 14.9 Å². The van der Waals surface area contributed by atoms with E-state index in [0.717, 1.165) is 10.7 Å². The first-order valence-corrected chi connectivity index (χ1v) is 9.74. The Morgan fingerprint density at radius 3 is 2.89 bits per heavy atom. The average Bonchev–Trinajstić information content (AvgIpc) is 3.23. The minimum Gasteiger partial charge on any atom is -0.337 e. The Labute approximate surface area is 169 Å². The third-order valence-corrected chi connectivity index (χ3v) is 5.08. The maximum Gasteiger partial charge on any atom is 0.319 e. The molecule has 2 heterocycles. The molecule has 0 radical (unpaired) electrons. The molecular weight excluding hydrogens is 401 g/mol. The number of rotatable bonds is 5. The number of nitrogens with zero attached hydrogens (tertiary/aromatic N) is 3. The van der Waals surface area contributed by atoms with Crippen LogP contribution in [-0.2, 0) is 6.42 Å². The topological polar surface area (TPSA) is 71.3 Å². The number of thiazole rings is 1. The molecular formula is C19H15ClFN5OS. The number of benzene rings is 2. The zero-order chi connectivity index (χ0) is 19.5. The molecule has 142 valence electrons. The van der Waals surface area contributed by atoms with E-state index in [0.29, 0.717) is 35.1 Å². The summed E-state index contributed by atoms with van der Waals surface area (Å²) in [6.07, 6.45) is 0.578. The number of carbonyl (C=O) groups is 1. The largest absolute Gasteiger partial charge is 0.337 e. The third kappa shape index (κ3) is 4.13. The van der Waals surface area contributed by atoms with Crippen molar-refractivity contribution in [2.45, 2.75) is 6.42 Å². The van der Waals surface area contributed by atoms with Crippen LogP contribution in [0.15, 0.2) is 53.9 Å². The molecule has 0 atom stereocenters. The van der Waals surface area contributed by atoms with Crippen LogP contribution in [0, 0.1) is 5.82 Å². The fourth-order valence-corrected chi connectivity index (χ4v) is 3.74. The fourth-order valence-electron chi connectivity index (χ4n) is 2.69. The summed E-state index contributed by atoms with van der Waals surface area (Å²) in [4.78, 5) is 17.2. The van der Waals surface area contributed by atoms with Gasteiger partial charge in [-0.25, -0.2) is 13.7 Å². The number of anilines is 1. The maximum absolute atomic E-state index is 13.4. The highest BCUT2D eigenvalue weighted by Gasteiger charge is 2.12. The van der Waals surface area contributed by atoms with E-state index >= 15 is 0 Å². The first-order chi connectivity index (χ1) is 13.6. The molecule has 0 aliphatic heterocycles. The van der Waals surface area contributed by atoms with E-state index in [2.05, 4.69) is 20.7 Å². The number of aromatic nitrogens is 3. The molecule has 28 heavy (non-hydrogen) atoms. The normalized spacial score (nSPS) is 10.9. The van der Waals surface area contributed by atoms with Gasteiger partial charge in [0.1, 0.15) is 5.82 Å². The molecule has 2 amide bonds. The highest BCUT2D eigenvalue weighted by molar-refractivity contribution is 7.15. The van der Waals surface area contributed by atoms with Crippen LogP contribution in [0.3, 0.4) is 0 Å². The monoisotopic (exact) mass is 415 g/mol. The van der Waals surface area contributed by atoms with Crippen LogP contribution in [0.5, 0.6) is 0 Å². The van der Waals surface area contributed by atoms with E-state index < -0.39 is 0 Å². The molecule has 2 aromatic heterocycles. The summed E-state index contributed by atoms with van der Waals surface area (Å²) in [5.74, 6) is 0.144. The summed E-state index contributed by atoms with van der Waals surface area (Å²) in [6.45, 7) is 0.424. The molecule has 6 nitrogen and oxygen atoms in total. The van der Waals surface area contributed by atoms with Gasteiger partial charge in [-0.15, -0.1) is 16.4 Å². The van der Waals surface area contributed by atoms with Crippen molar-refractivity contribution in [3.05, 3.63) is 70.4 Å². The van der Waals surface area contributed by atoms with Gasteiger partial charge >= 0.3 is 6.03 Å². The Morgan fingerprint density at radius 1 is 1.21 bits per heavy atom. The second kappa shape index (κ2) is 7.95. The molecule has 0 saturated carbocycles. The van der Waals surface area contributed by atoms with Gasteiger partial charge in [-0.2, -0.15) is 4.98 Å². The van der Waals surface area contributed by atoms with E-state index in [1.165, 1.54) is 23.5 Å². The molecule has 4 aromatic rings. The smallest absolute Gasteiger partial charge is 0.319 e. The molecule has 9 heteroatoms. The third-order valence-electron chi connectivity index (χ3n) is 3.98. The molecule has 0 saturated heterocycles. The number of halogens is 2. The fraction of sp³-hybridized carbons (Fsp3) is 0.105. The van der Waals surface area contributed by atoms with E-state index in [1.807, 2.05) is 5.38 Å². The lowest BCUT2D eigenvalue weighted by molar-refractivity contribution is 0.252. The maximum atomic E-state index is 13.4. The molecule has 0 aliphatic rings. The minimum absolute atomic E-state index is 0.312. The van der Waals surface area contributed by atoms with E-state index in [1.54, 1.807) is 40.9 Å². The molecule has 0 aliphatic carbocycles. The van der Waals surface area contributed by atoms with Crippen molar-refractivity contribution in [1.82, 2.24) is 19.9 Å². The SMILES string of the molecule is O=C(NCCc1csc2nc(-c3cccc(F)c3)nn12)Nc1cccc(Cl)c1. The van der Waals surface area contributed by atoms with Crippen LogP contribution in [0.2, 0.25) is 5.02 Å². The number of carbonyl (C=O) groups excluding carboxylic acids is 1. The summed E-state index contributed by atoms with van der Waals surface area (Å²) >= 11 is 7.35. The van der Waals surface area contributed by atoms with Crippen molar-refractivity contribution in [1.29, 1.82) is 0 Å². The number of hydrogen-bond donors (Lipinski definition) is 2. The molecule has 4 rings (SSSR count). The predicted octanol–water partition coefficient (Wildman–Crippen LogP) is 4.61. The van der Waals surface area contributed by atoms with Crippen molar-refractivity contribution in [3.63, 3.8) is 0 Å². The Hall–Kier alpha value is -2.97. The van der Waals surface area contributed by atoms with Crippen molar-refractivity contribution in [2.75, 3.05) is 11.9 Å². The van der Waals surface area contributed by atoms with E-state index in [-0.39, 0.29) is 11.8 Å². The number of nitrogens with one attached hydrogen (secondary N) is 2. The average molecular weight is 416 g/mol. The standard InChI is InChI=1S/C19H15ClFN5OS/c20-13-4-2-6-15(10-13)23-18(27)22-8-7-16-11-28-19-24-17(25-26(16)19)12-3-1-5-14(21)9-12/h1-6,9-11H,7-8H2,(H2,22,23,27). The summed E-state index contributed by atoms with van der Waals surface area (Å²) in [6, 6.07) is 12.8. The van der Waals surface area contributed by atoms with Crippen molar-refractivity contribution < 1.29 is 9.18 Å². The minimum atomic E-state index is -0.328. The van der Waals surface area contributed by atoms with Crippen LogP contribution >= 0.6 is 22.9 Å². The second-order valence-corrected chi connectivity index (χ2v) is 7.28. The Kier molecular flexibility index (Phi) is 5.23. The lowest BCUT2D eigenvalue weighted by atomic mass is 10.2. The van der Waals surface area contributed by atoms with Crippen LogP contribution in [0.25, 0.3) is 16.3 Å². The number of amides is 2. The Balaban J connectivity index is 1.39. The van der Waals surface area contributed by atoms with E-state index in [4.69, 9.17) is 11.6 Å². The first kappa shape index (κ1) is 18.4. The molecule has 0 spiro atoms. The molecule has 2 aromatic carbocycles. The molecule has 0 unspecified atom stereocenters. The van der Waals surface area contributed by atoms with Gasteiger partial charge in [0.2, 0.25) is 4.96 Å². The van der Waals surface area contributed by atoms with E-state index in [9.17, 15) is 9.18 Å². The van der Waals surface area contributed by atoms with Crippen molar-refractivity contribution >= 4 is 39.6 Å². The molecule has 2 N–H and O–H groups in total. The lowest BCUT2D eigenvalue weighted by Gasteiger charge is -2.07. The van der Waals surface area contributed by atoms with Gasteiger partial charge in [-0.3, -0.25) is 0 Å². The molecule has 0 bridgehead atoms. The molecule has 0 fully saturated rings. The van der Waals surface area contributed by atoms with Crippen molar-refractivity contribution in [2.24, 2.45) is 0 Å². The number of urea groups is 1. The van der Waals surface area contributed by atoms with Crippen molar-refractivity contribution in [3.8, 4) is 11.4 Å². The zero-order valence-electron chi connectivity index (χ0n) is 14.5. The van der Waals surface area contributed by atoms with Crippen LogP contribution < -0.4 is 10.6 Å². The Bertz CT molecular complexity index is 1140. The van der Waals surface area contributed by atoms with Gasteiger partial charge < -0.3 is 10.6 Å². The summed E-state index contributed by atoms with van der Waals surface area (Å²) < 4.78 is 15.1. The predicted molar refractivity (Wildman–Crippen MR) is 108 cm³/mol. The summed E-state index contributed by atoms with van der Waals surface area (Å²) in [5, 5.41) is 12.5. The van der Waals surface area contributed by atoms with Gasteiger partial charge in [-0.1, -0.05) is 29.8 Å². The quantitative estimate of drug-likeness (QED) is 0.499. The van der Waals surface area contributed by atoms with Gasteiger partial charge in [-0.05, 0) is 30.3 Å². The van der Waals surface area contributed by atoms with Crippen LogP contribution in [-0.4, -0.2) is 27.2 Å². The highest BCUT2D eigenvalue weighted by atomic mass is 35.5. The summed E-state index contributed by atoms with van der Waals surface area (Å²) in [7, 11) is 0. The first-order valence-electron chi connectivity index (χ1n) is 8.48. The van der Waals surface area contributed by atoms with Gasteiger partial charge in [0.05, 0.1) is 5.69 Å². The zero-order valence-corrected chi connectivity index (χ0v) is 16.1.